The van der Waals surface area contributed by atoms with Gasteiger partial charge in [0.1, 0.15) is 5.82 Å². The summed E-state index contributed by atoms with van der Waals surface area (Å²) in [5.41, 5.74) is -35.1. The molecule has 14 rings (SSSR count). The number of imidazole rings is 1. The second kappa shape index (κ2) is 21.1. The maximum absolute atomic E-state index is 10.8. The van der Waals surface area contributed by atoms with Gasteiger partial charge in [-0.15, -0.1) is 29.7 Å². The van der Waals surface area contributed by atoms with Gasteiger partial charge in [-0.2, -0.15) is 18.2 Å². The Morgan fingerprint density at radius 2 is 1.24 bits per heavy atom. The van der Waals surface area contributed by atoms with Crippen LogP contribution in [0.1, 0.15) is 195 Å². The Bertz CT molecular complexity index is 6660. The molecule has 0 N–H and O–H groups in total. The molecular formula is C81H76N4OPt-2. The quantitative estimate of drug-likeness (QED) is 0.107. The molecule has 12 aromatic rings. The molecule has 0 spiro atoms. The van der Waals surface area contributed by atoms with E-state index in [1.165, 1.54) is 18.2 Å². The molecule has 5 nitrogen and oxygen atoms in total. The molecule has 2 aliphatic carbocycles. The fourth-order valence-electron chi connectivity index (χ4n) is 11.4. The number of benzene rings is 9. The Balaban J connectivity index is 0.0000148. The molecule has 3 aromatic heterocycles. The summed E-state index contributed by atoms with van der Waals surface area (Å²) in [6, 6.07) is 16.1. The van der Waals surface area contributed by atoms with Crippen molar-refractivity contribution in [2.24, 2.45) is 0 Å². The van der Waals surface area contributed by atoms with Crippen LogP contribution in [0, 0.1) is 32.2 Å². The number of aryl methyl sites for hydroxylation is 2. The van der Waals surface area contributed by atoms with Gasteiger partial charge in [0.2, 0.25) is 0 Å². The number of ether oxygens (including phenoxy) is 1. The number of rotatable bonds is 9. The van der Waals surface area contributed by atoms with Crippen LogP contribution in [0.25, 0.3) is 94.5 Å². The first-order valence-corrected chi connectivity index (χ1v) is 26.9. The number of nitrogens with zero attached hydrogens (tertiary/aromatic N) is 4. The van der Waals surface area contributed by atoms with Crippen molar-refractivity contribution in [3.63, 3.8) is 0 Å². The van der Waals surface area contributed by atoms with Gasteiger partial charge < -0.3 is 13.9 Å². The predicted molar refractivity (Wildman–Crippen MR) is 356 cm³/mol. The van der Waals surface area contributed by atoms with Crippen LogP contribution >= 0.6 is 0 Å². The van der Waals surface area contributed by atoms with Crippen molar-refractivity contribution in [1.82, 2.24) is 14.1 Å². The predicted octanol–water partition coefficient (Wildman–Crippen LogP) is 20.5. The Kier molecular flexibility index (Phi) is 6.27. The summed E-state index contributed by atoms with van der Waals surface area (Å²) in [4.78, 5) is 4.76. The zero-order valence-electron chi connectivity index (χ0n) is 91.3. The molecule has 0 fully saturated rings. The number of pyridine rings is 1. The van der Waals surface area contributed by atoms with Gasteiger partial charge in [0.25, 0.3) is 6.33 Å². The molecule has 0 bridgehead atoms. The minimum Gasteiger partial charge on any atom is -0.510 e. The van der Waals surface area contributed by atoms with Crippen molar-refractivity contribution < 1.29 is 92.1 Å². The molecule has 0 amide bonds. The van der Waals surface area contributed by atoms with Crippen molar-refractivity contribution in [3.05, 3.63) is 245 Å². The van der Waals surface area contributed by atoms with Gasteiger partial charge in [0, 0.05) is 90.9 Å². The normalized spacial score (nSPS) is 25.7. The molecular weight excluding hydrogens is 1240 g/mol. The maximum Gasteiger partial charge on any atom is 0.268 e. The summed E-state index contributed by atoms with van der Waals surface area (Å²) in [6.45, 7) is -36.0. The molecule has 2 aliphatic rings. The summed E-state index contributed by atoms with van der Waals surface area (Å²) < 4.78 is 431. The Hall–Kier alpha value is -8.11. The molecule has 6 heteroatoms. The molecule has 0 unspecified atom stereocenters. The van der Waals surface area contributed by atoms with E-state index >= 15 is 0 Å². The molecule has 87 heavy (non-hydrogen) atoms. The van der Waals surface area contributed by atoms with E-state index in [2.05, 4.69) is 18.5 Å². The van der Waals surface area contributed by atoms with Gasteiger partial charge in [-0.1, -0.05) is 196 Å². The third-order valence-electron chi connectivity index (χ3n) is 15.5. The van der Waals surface area contributed by atoms with Gasteiger partial charge >= 0.3 is 0 Å². The van der Waals surface area contributed by atoms with E-state index in [0.29, 0.717) is 34.4 Å². The topological polar surface area (TPSA) is 35.9 Å². The standard InChI is InChI=1S/C81H76N4O.Pt/c1-51-21-19-22-52(2)75(51)56-31-36-71-73(45-56)83(59-25-20-26-60(47-59)86-61-32-33-63-62-27-17-18-28-70(62)85(72(63)48-61)74-46-58(37-40-82-74)77(3,4)5)50-84(71)76-64(54-29-34-66-68(43-54)79(8,9)39-38-78(66,6)7)41-57(53-23-15-14-16-24-53)42-65(76)55-30-35-67-69(44-55)81(12,13)49-80(67,10)11;/h14-37,40-46H,38-39,49H2,1-13H3;/q-2;/i1D3,2D3,6D3,7D3,8D3,9D3,10D3,11D3,12D3,13D3,14D,15D,16D,23D,24D,29D,30D,34D,35D,38D2,39D2,43D,44D;. The number of hydrogen-bond donors (Lipinski definition) is 0. The first-order valence-electron chi connectivity index (χ1n) is 49.4. The molecule has 0 aliphatic heterocycles. The van der Waals surface area contributed by atoms with E-state index < -0.39 is 265 Å². The molecule has 9 aromatic carbocycles. The van der Waals surface area contributed by atoms with Crippen LogP contribution in [0.5, 0.6) is 11.5 Å². The van der Waals surface area contributed by atoms with Gasteiger partial charge in [0.05, 0.1) is 31.8 Å². The first-order chi connectivity index (χ1) is 59.6. The van der Waals surface area contributed by atoms with Crippen LogP contribution in [-0.2, 0) is 48.1 Å². The van der Waals surface area contributed by atoms with Crippen molar-refractivity contribution in [3.8, 4) is 73.2 Å². The van der Waals surface area contributed by atoms with Crippen molar-refractivity contribution >= 4 is 32.8 Å². The van der Waals surface area contributed by atoms with Gasteiger partial charge in [0.15, 0.2) is 0 Å². The Morgan fingerprint density at radius 3 is 1.94 bits per heavy atom. The van der Waals surface area contributed by atoms with Crippen molar-refractivity contribution in [2.75, 3.05) is 0 Å². The number of fused-ring (bicyclic) bond motifs is 6. The van der Waals surface area contributed by atoms with Gasteiger partial charge in [-0.05, 0) is 191 Å². The Morgan fingerprint density at radius 1 is 0.586 bits per heavy atom. The van der Waals surface area contributed by atoms with Crippen LogP contribution in [0.15, 0.2) is 188 Å². The van der Waals surface area contributed by atoms with E-state index in [4.69, 9.17) is 38.5 Å². The van der Waals surface area contributed by atoms with Gasteiger partial charge in [-0.3, -0.25) is 4.57 Å². The number of para-hydroxylation sites is 1. The molecule has 0 saturated carbocycles. The van der Waals surface area contributed by atoms with Crippen LogP contribution in [0.3, 0.4) is 0 Å². The SMILES string of the molecule is [2H]c1c([2H])c([2H])c(-c2cc(-c3c([2H])c([2H])c4c(c3[2H])C(C([2H])([2H])[2H])(C([2H])([2H])[2H])CC4(C([2H])([2H])[2H])C([2H])([2H])[2H])c(-[n+]3[c-]n(-c4[c-]c(Oc5[c-]c6c(cc5)c5ccccc5n6-c5cc(C(C)(C)C)ccn5)ccc4)c4cc(-c5c(C([2H])([2H])[2H])cccc5C([2H])([2H])[2H])ccc43)c(-c3c([2H])c([2H])c4c(c3[2H])C(C([2H])([2H])[2H])(C([2H])([2H])[2H])C([2H])([2H])C([2H])([2H])C4(C([2H])([2H])[2H])C([2H])([2H])[2H])c2)c([2H])c1[2H].[Pt]. The van der Waals surface area contributed by atoms with E-state index in [1.807, 2.05) is 61.7 Å². The fourth-order valence-corrected chi connectivity index (χ4v) is 11.4. The zero-order valence-corrected chi connectivity index (χ0v) is 48.5. The van der Waals surface area contributed by atoms with Gasteiger partial charge in [-0.25, -0.2) is 4.98 Å². The third kappa shape index (κ3) is 9.99. The summed E-state index contributed by atoms with van der Waals surface area (Å²) >= 11 is 0. The second-order valence-corrected chi connectivity index (χ2v) is 22.5. The van der Waals surface area contributed by atoms with Crippen LogP contribution in [-0.4, -0.2) is 14.1 Å². The summed E-state index contributed by atoms with van der Waals surface area (Å²) in [5.74, 6) is 0.273. The fraction of sp³-hybridized carbons (Fsp3) is 0.259. The molecule has 3 heterocycles. The van der Waals surface area contributed by atoms with E-state index in [1.54, 1.807) is 18.3 Å². The van der Waals surface area contributed by atoms with Crippen molar-refractivity contribution in [2.45, 2.75) is 136 Å². The number of hydrogen-bond acceptors (Lipinski definition) is 2. The van der Waals surface area contributed by atoms with Crippen LogP contribution in [0.4, 0.5) is 0 Å². The molecule has 438 valence electrons. The minimum atomic E-state index is -5.04. The summed E-state index contributed by atoms with van der Waals surface area (Å²) in [7, 11) is 0. The smallest absolute Gasteiger partial charge is 0.268 e. The molecule has 0 saturated heterocycles. The average Bonchev–Trinajstić information content (AvgIpc) is 0.913. The first kappa shape index (κ1) is 25.9. The maximum atomic E-state index is 10.8. The monoisotopic (exact) mass is 1360 g/mol. The molecule has 0 atom stereocenters. The van der Waals surface area contributed by atoms with Crippen molar-refractivity contribution in [1.29, 1.82) is 0 Å². The van der Waals surface area contributed by atoms with E-state index in [-0.39, 0.29) is 49.2 Å². The average molecular weight is 1360 g/mol. The number of aromatic nitrogens is 4. The van der Waals surface area contributed by atoms with E-state index in [9.17, 15) is 32.9 Å². The molecule has 0 radical (unpaired) electrons. The second-order valence-electron chi connectivity index (χ2n) is 22.5. The Labute approximate surface area is 592 Å². The third-order valence-corrected chi connectivity index (χ3v) is 15.5. The largest absolute Gasteiger partial charge is 0.510 e. The van der Waals surface area contributed by atoms with Crippen LogP contribution in [0.2, 0.25) is 0 Å². The van der Waals surface area contributed by atoms with E-state index in [0.717, 1.165) is 56.5 Å². The summed E-state index contributed by atoms with van der Waals surface area (Å²) in [6.07, 6.45) is -7.36. The zero-order chi connectivity index (χ0) is 98.0. The summed E-state index contributed by atoms with van der Waals surface area (Å²) in [5, 5.41) is 1.44. The minimum absolute atomic E-state index is 0. The van der Waals surface area contributed by atoms with Crippen LogP contribution < -0.4 is 9.30 Å².